The number of rotatable bonds is 5. The summed E-state index contributed by atoms with van der Waals surface area (Å²) in [5, 5.41) is 0. The number of carbonyl (C=O) groups is 2. The number of esters is 1. The van der Waals surface area contributed by atoms with Crippen molar-refractivity contribution in [3.05, 3.63) is 35.9 Å². The summed E-state index contributed by atoms with van der Waals surface area (Å²) in [6.45, 7) is 4.73. The molecule has 0 aromatic heterocycles. The molecule has 1 aliphatic rings. The van der Waals surface area contributed by atoms with Crippen molar-refractivity contribution in [2.24, 2.45) is 11.7 Å². The summed E-state index contributed by atoms with van der Waals surface area (Å²) in [5.41, 5.74) is 7.21. The van der Waals surface area contributed by atoms with Gasteiger partial charge in [-0.15, -0.1) is 0 Å². The monoisotopic (exact) mass is 319 g/mol. The summed E-state index contributed by atoms with van der Waals surface area (Å²) in [7, 11) is 1.38. The number of hydrogen-bond donors (Lipinski definition) is 1. The fourth-order valence-corrected chi connectivity index (χ4v) is 2.78. The molecule has 0 saturated carbocycles. The van der Waals surface area contributed by atoms with Gasteiger partial charge < -0.3 is 15.4 Å². The molecule has 1 amide bonds. The lowest BCUT2D eigenvalue weighted by Gasteiger charge is -2.36. The lowest BCUT2D eigenvalue weighted by Crippen LogP contribution is -2.52. The minimum Gasteiger partial charge on any atom is -0.468 e. The van der Waals surface area contributed by atoms with Gasteiger partial charge in [0.1, 0.15) is 0 Å². The molecule has 2 unspecified atom stereocenters. The maximum Gasteiger partial charge on any atom is 0.319 e. The third kappa shape index (κ3) is 4.53. The van der Waals surface area contributed by atoms with Crippen LogP contribution in [-0.2, 0) is 14.3 Å². The van der Waals surface area contributed by atoms with Crippen molar-refractivity contribution in [1.29, 1.82) is 0 Å². The largest absolute Gasteiger partial charge is 0.468 e. The second-order valence-electron chi connectivity index (χ2n) is 5.90. The number of ether oxygens (including phenoxy) is 1. The van der Waals surface area contributed by atoms with Crippen LogP contribution in [-0.4, -0.2) is 61.5 Å². The molecule has 6 nitrogen and oxygen atoms in total. The predicted molar refractivity (Wildman–Crippen MR) is 87.6 cm³/mol. The van der Waals surface area contributed by atoms with Gasteiger partial charge in [0.25, 0.3) is 0 Å². The number of methoxy groups -OCH3 is 1. The third-order valence-electron chi connectivity index (χ3n) is 4.38. The van der Waals surface area contributed by atoms with E-state index in [2.05, 4.69) is 4.74 Å². The Morgan fingerprint density at radius 2 is 1.78 bits per heavy atom. The summed E-state index contributed by atoms with van der Waals surface area (Å²) < 4.78 is 4.67. The number of carbonyl (C=O) groups excluding carboxylic acids is 2. The van der Waals surface area contributed by atoms with Gasteiger partial charge in [0.05, 0.1) is 19.6 Å². The third-order valence-corrected chi connectivity index (χ3v) is 4.38. The highest BCUT2D eigenvalue weighted by Gasteiger charge is 2.29. The Hall–Kier alpha value is -1.92. The first-order valence-corrected chi connectivity index (χ1v) is 7.91. The number of hydrogen-bond acceptors (Lipinski definition) is 5. The van der Waals surface area contributed by atoms with Crippen molar-refractivity contribution in [3.63, 3.8) is 0 Å². The highest BCUT2D eigenvalue weighted by Crippen LogP contribution is 2.21. The summed E-state index contributed by atoms with van der Waals surface area (Å²) >= 11 is 0. The lowest BCUT2D eigenvalue weighted by molar-refractivity contribution is -0.143. The number of nitrogens with two attached hydrogens (primary N) is 1. The molecule has 1 aliphatic heterocycles. The first-order valence-electron chi connectivity index (χ1n) is 7.91. The standard InChI is InChI=1S/C17H25N3O3/c1-13(16(18)14-6-4-3-5-7-14)17(22)20-10-8-19(9-11-20)12-15(21)23-2/h3-7,13,16H,8-12,18H2,1-2H3. The van der Waals surface area contributed by atoms with E-state index in [4.69, 9.17) is 5.73 Å². The normalized spacial score (nSPS) is 18.3. The Morgan fingerprint density at radius 1 is 1.17 bits per heavy atom. The summed E-state index contributed by atoms with van der Waals surface area (Å²) in [5.74, 6) is -0.451. The Labute approximate surface area is 137 Å². The first-order chi connectivity index (χ1) is 11.0. The van der Waals surface area contributed by atoms with Gasteiger partial charge in [0, 0.05) is 32.2 Å². The maximum absolute atomic E-state index is 12.6. The van der Waals surface area contributed by atoms with Crippen LogP contribution in [0.5, 0.6) is 0 Å². The second-order valence-corrected chi connectivity index (χ2v) is 5.90. The van der Waals surface area contributed by atoms with Gasteiger partial charge in [-0.2, -0.15) is 0 Å². The van der Waals surface area contributed by atoms with Crippen LogP contribution in [0.4, 0.5) is 0 Å². The fraction of sp³-hybridized carbons (Fsp3) is 0.529. The van der Waals surface area contributed by atoms with Crippen LogP contribution in [0.3, 0.4) is 0 Å². The topological polar surface area (TPSA) is 75.9 Å². The molecule has 2 N–H and O–H groups in total. The van der Waals surface area contributed by atoms with E-state index < -0.39 is 0 Å². The zero-order chi connectivity index (χ0) is 16.8. The summed E-state index contributed by atoms with van der Waals surface area (Å²) in [4.78, 5) is 27.8. The summed E-state index contributed by atoms with van der Waals surface area (Å²) in [6.07, 6.45) is 0. The van der Waals surface area contributed by atoms with E-state index in [1.807, 2.05) is 47.1 Å². The van der Waals surface area contributed by atoms with Crippen molar-refractivity contribution in [1.82, 2.24) is 9.80 Å². The van der Waals surface area contributed by atoms with Gasteiger partial charge in [0.2, 0.25) is 5.91 Å². The average Bonchev–Trinajstić information content (AvgIpc) is 2.61. The van der Waals surface area contributed by atoms with Crippen LogP contribution in [0, 0.1) is 5.92 Å². The van der Waals surface area contributed by atoms with Crippen LogP contribution in [0.2, 0.25) is 0 Å². The summed E-state index contributed by atoms with van der Waals surface area (Å²) in [6, 6.07) is 9.38. The molecule has 1 saturated heterocycles. The Morgan fingerprint density at radius 3 is 2.35 bits per heavy atom. The highest BCUT2D eigenvalue weighted by molar-refractivity contribution is 5.79. The first kappa shape index (κ1) is 17.4. The molecule has 1 heterocycles. The molecule has 6 heteroatoms. The maximum atomic E-state index is 12.6. The van der Waals surface area contributed by atoms with Gasteiger partial charge >= 0.3 is 5.97 Å². The lowest BCUT2D eigenvalue weighted by atomic mass is 9.94. The molecule has 0 spiro atoms. The van der Waals surface area contributed by atoms with Crippen molar-refractivity contribution in [2.45, 2.75) is 13.0 Å². The minimum absolute atomic E-state index is 0.0686. The Bertz CT molecular complexity index is 527. The number of benzene rings is 1. The van der Waals surface area contributed by atoms with Crippen molar-refractivity contribution >= 4 is 11.9 Å². The molecule has 1 fully saturated rings. The van der Waals surface area contributed by atoms with Crippen LogP contribution in [0.15, 0.2) is 30.3 Å². The van der Waals surface area contributed by atoms with Crippen molar-refractivity contribution < 1.29 is 14.3 Å². The molecule has 2 rings (SSSR count). The number of amides is 1. The molecule has 23 heavy (non-hydrogen) atoms. The number of nitrogens with zero attached hydrogens (tertiary/aromatic N) is 2. The molecule has 2 atom stereocenters. The van der Waals surface area contributed by atoms with Gasteiger partial charge in [-0.3, -0.25) is 14.5 Å². The highest BCUT2D eigenvalue weighted by atomic mass is 16.5. The van der Waals surface area contributed by atoms with Gasteiger partial charge in [-0.05, 0) is 5.56 Å². The molecule has 126 valence electrons. The van der Waals surface area contributed by atoms with E-state index in [-0.39, 0.29) is 30.4 Å². The Kier molecular flexibility index (Phi) is 6.12. The van der Waals surface area contributed by atoms with E-state index >= 15 is 0 Å². The smallest absolute Gasteiger partial charge is 0.319 e. The van der Waals surface area contributed by atoms with Crippen LogP contribution in [0.1, 0.15) is 18.5 Å². The Balaban J connectivity index is 1.88. The molecule has 0 aliphatic carbocycles. The van der Waals surface area contributed by atoms with Gasteiger partial charge in [0.15, 0.2) is 0 Å². The molecule has 0 bridgehead atoms. The van der Waals surface area contributed by atoms with E-state index in [1.165, 1.54) is 7.11 Å². The van der Waals surface area contributed by atoms with Crippen molar-refractivity contribution in [2.75, 3.05) is 39.8 Å². The zero-order valence-electron chi connectivity index (χ0n) is 13.8. The molecule has 1 aromatic carbocycles. The molecular formula is C17H25N3O3. The van der Waals surface area contributed by atoms with E-state index in [0.717, 1.165) is 5.56 Å². The minimum atomic E-state index is -0.309. The van der Waals surface area contributed by atoms with Gasteiger partial charge in [-0.25, -0.2) is 0 Å². The molecular weight excluding hydrogens is 294 g/mol. The molecule has 0 radical (unpaired) electrons. The number of piperazine rings is 1. The van der Waals surface area contributed by atoms with E-state index in [1.54, 1.807) is 0 Å². The van der Waals surface area contributed by atoms with Crippen LogP contribution >= 0.6 is 0 Å². The zero-order valence-corrected chi connectivity index (χ0v) is 13.8. The predicted octanol–water partition coefficient (Wildman–Crippen LogP) is 0.640. The SMILES string of the molecule is COC(=O)CN1CCN(C(=O)C(C)C(N)c2ccccc2)CC1. The van der Waals surface area contributed by atoms with E-state index in [9.17, 15) is 9.59 Å². The fourth-order valence-electron chi connectivity index (χ4n) is 2.78. The second kappa shape index (κ2) is 8.08. The van der Waals surface area contributed by atoms with Crippen molar-refractivity contribution in [3.8, 4) is 0 Å². The van der Waals surface area contributed by atoms with Crippen LogP contribution in [0.25, 0.3) is 0 Å². The quantitative estimate of drug-likeness (QED) is 0.806. The van der Waals surface area contributed by atoms with Crippen LogP contribution < -0.4 is 5.73 Å². The van der Waals surface area contributed by atoms with Gasteiger partial charge in [-0.1, -0.05) is 37.3 Å². The van der Waals surface area contributed by atoms with E-state index in [0.29, 0.717) is 26.2 Å². The molecule has 1 aromatic rings. The average molecular weight is 319 g/mol.